The van der Waals surface area contributed by atoms with E-state index in [0.29, 0.717) is 6.42 Å². The summed E-state index contributed by atoms with van der Waals surface area (Å²) in [5.41, 5.74) is 5.32. The predicted octanol–water partition coefficient (Wildman–Crippen LogP) is 4.70. The molecule has 2 saturated heterocycles. The summed E-state index contributed by atoms with van der Waals surface area (Å²) in [5, 5.41) is 2.73. The Morgan fingerprint density at radius 1 is 1.12 bits per heavy atom. The molecular weight excluding hydrogens is 741 g/mol. The molecule has 3 fully saturated rings. The molecule has 17 nitrogen and oxygen atoms in total. The van der Waals surface area contributed by atoms with Crippen molar-refractivity contribution >= 4 is 69.3 Å². The van der Waals surface area contributed by atoms with E-state index in [1.54, 1.807) is 0 Å². The van der Waals surface area contributed by atoms with Crippen molar-refractivity contribution in [2.24, 2.45) is 5.92 Å². The second kappa shape index (κ2) is 13.6. The van der Waals surface area contributed by atoms with Crippen LogP contribution >= 0.6 is 38.1 Å². The Bertz CT molecular complexity index is 1870. The molecule has 0 radical (unpaired) electrons. The first-order valence-electron chi connectivity index (χ1n) is 15.4. The van der Waals surface area contributed by atoms with E-state index in [4.69, 9.17) is 33.0 Å². The van der Waals surface area contributed by atoms with Crippen LogP contribution in [0.5, 0.6) is 0 Å². The molecule has 2 bridgehead atoms. The van der Waals surface area contributed by atoms with Crippen molar-refractivity contribution in [1.29, 1.82) is 0 Å². The molecule has 6 rings (SSSR count). The number of anilines is 2. The first kappa shape index (κ1) is 36.9. The number of aromatic nitrogens is 6. The lowest BCUT2D eigenvalue weighted by Gasteiger charge is -2.40. The Morgan fingerprint density at radius 2 is 1.84 bits per heavy atom. The number of imidazole rings is 1. The average molecular weight is 781 g/mol. The summed E-state index contributed by atoms with van der Waals surface area (Å²) in [5.74, 6) is -1.34. The number of rotatable bonds is 5. The highest BCUT2D eigenvalue weighted by atomic mass is 32.7. The lowest BCUT2D eigenvalue weighted by molar-refractivity contribution is -0.0482. The van der Waals surface area contributed by atoms with Crippen LogP contribution in [-0.2, 0) is 36.4 Å². The van der Waals surface area contributed by atoms with Crippen molar-refractivity contribution in [2.75, 3.05) is 24.3 Å². The molecule has 270 valence electrons. The maximum Gasteiger partial charge on any atom is 0.386 e. The van der Waals surface area contributed by atoms with Gasteiger partial charge >= 0.3 is 13.6 Å². The molecule has 0 unspecified atom stereocenters. The Balaban J connectivity index is 1.36. The fourth-order valence-electron chi connectivity index (χ4n) is 5.83. The second-order valence-corrected chi connectivity index (χ2v) is 24.2. The molecule has 3 aromatic heterocycles. The maximum atomic E-state index is 14.3. The highest BCUT2D eigenvalue weighted by molar-refractivity contribution is 8.44. The number of fused-ring (bicyclic) bond motifs is 4. The van der Waals surface area contributed by atoms with Crippen LogP contribution < -0.4 is 16.6 Å². The zero-order valence-electron chi connectivity index (χ0n) is 27.3. The lowest BCUT2D eigenvalue weighted by Crippen LogP contribution is -2.50. The van der Waals surface area contributed by atoms with Crippen molar-refractivity contribution in [2.45, 2.75) is 88.4 Å². The van der Waals surface area contributed by atoms with Gasteiger partial charge in [-0.1, -0.05) is 45.3 Å². The Morgan fingerprint density at radius 3 is 2.55 bits per heavy atom. The second-order valence-electron chi connectivity index (χ2n) is 13.7. The van der Waals surface area contributed by atoms with E-state index in [2.05, 4.69) is 54.7 Å². The lowest BCUT2D eigenvalue weighted by atomic mass is 10.1. The van der Waals surface area contributed by atoms with Crippen LogP contribution in [0.1, 0.15) is 39.8 Å². The number of hydrogen-bond donors (Lipinski definition) is 5. The molecule has 49 heavy (non-hydrogen) atoms. The molecule has 9 atom stereocenters. The Hall–Kier alpha value is -1.90. The van der Waals surface area contributed by atoms with Crippen molar-refractivity contribution in [1.82, 2.24) is 29.5 Å². The highest BCUT2D eigenvalue weighted by Gasteiger charge is 2.55. The normalized spacial score (nSPS) is 34.6. The fourth-order valence-corrected chi connectivity index (χ4v) is 10.2. The average Bonchev–Trinajstić information content (AvgIpc) is 3.66. The zero-order chi connectivity index (χ0) is 35.5. The van der Waals surface area contributed by atoms with Crippen LogP contribution in [-0.4, -0.2) is 81.5 Å². The van der Waals surface area contributed by atoms with E-state index in [1.165, 1.54) is 17.2 Å². The Labute approximate surface area is 292 Å². The van der Waals surface area contributed by atoms with Crippen molar-refractivity contribution in [3.8, 4) is 0 Å². The first-order chi connectivity index (χ1) is 22.8. The number of thiol groups is 2. The molecule has 0 spiro atoms. The standard InChI is InChI=1S/C26H39FN8O9P2S2Si/c1-26(2,3)49(4,5)44-19-17-10-40-45(37,47)42-16-7-14(32-21-15(27)8-29-11-30-21)6-13(16)9-39-46(38,48)43-20(19)24(41-17)35-12-31-18-22(35)33-25(28)34-23(18)36/h8,11-14,16-17,19-20,24H,6-7,9-10H2,1-5H3,(H,37,47)(H,38,48)(H,29,30,32)(H3,28,33,34,36)/t13-,14-,16+,17-,19-,20-,24-,45+,46+/m1/s1. The van der Waals surface area contributed by atoms with Gasteiger partial charge < -0.3 is 24.7 Å². The zero-order valence-corrected chi connectivity index (χ0v) is 31.8. The molecule has 3 aromatic rings. The molecule has 1 aliphatic carbocycles. The summed E-state index contributed by atoms with van der Waals surface area (Å²) in [6.07, 6.45) is -0.965. The van der Waals surface area contributed by atoms with Gasteiger partial charge in [0.25, 0.3) is 5.56 Å². The third-order valence-electron chi connectivity index (χ3n) is 9.26. The van der Waals surface area contributed by atoms with Crippen LogP contribution in [0.15, 0.2) is 23.6 Å². The maximum absolute atomic E-state index is 14.3. The number of ether oxygens (including phenoxy) is 1. The number of nitrogens with zero attached hydrogens (tertiary/aromatic N) is 5. The highest BCUT2D eigenvalue weighted by Crippen LogP contribution is 2.61. The smallest absolute Gasteiger partial charge is 0.386 e. The number of hydrogen-bond acceptors (Lipinski definition) is 15. The largest absolute Gasteiger partial charge is 0.408 e. The summed E-state index contributed by atoms with van der Waals surface area (Å²) < 4.78 is 80.6. The molecule has 4 N–H and O–H groups in total. The summed E-state index contributed by atoms with van der Waals surface area (Å²) in [6.45, 7) is 1.30. The SMILES string of the molecule is CC(C)(C)[Si](C)(C)O[C@H]1[C@H]2O[P@@](=O)(S)OC[C@H]3C[C@@H](Nc4ncncc4F)C[C@@H]3O[P@@](=O)(S)OC[C@H]1O[C@H]2n1cnc2c(=O)[nH]c(N)nc21. The molecule has 0 amide bonds. The minimum atomic E-state index is -4.22. The van der Waals surface area contributed by atoms with E-state index in [0.717, 1.165) is 6.20 Å². The summed E-state index contributed by atoms with van der Waals surface area (Å²) in [6, 6.07) is -0.395. The van der Waals surface area contributed by atoms with Gasteiger partial charge in [-0.05, 0) is 31.0 Å². The van der Waals surface area contributed by atoms with Crippen molar-refractivity contribution in [3.63, 3.8) is 0 Å². The van der Waals surface area contributed by atoms with Crippen LogP contribution in [0.25, 0.3) is 11.2 Å². The monoisotopic (exact) mass is 780 g/mol. The van der Waals surface area contributed by atoms with Crippen molar-refractivity contribution < 1.29 is 40.8 Å². The third kappa shape index (κ3) is 7.96. The minimum Gasteiger partial charge on any atom is -0.408 e. The van der Waals surface area contributed by atoms with Crippen LogP contribution in [0.4, 0.5) is 16.2 Å². The minimum absolute atomic E-state index is 0.0129. The van der Waals surface area contributed by atoms with E-state index in [9.17, 15) is 18.3 Å². The van der Waals surface area contributed by atoms with Gasteiger partial charge in [0.2, 0.25) is 5.95 Å². The topological polar surface area (TPSA) is 217 Å². The van der Waals surface area contributed by atoms with Gasteiger partial charge in [-0.3, -0.25) is 27.9 Å². The number of nitrogens with two attached hydrogens (primary N) is 1. The number of nitrogen functional groups attached to an aromatic ring is 1. The first-order valence-corrected chi connectivity index (χ1v) is 23.7. The van der Waals surface area contributed by atoms with E-state index in [-0.39, 0.29) is 47.6 Å². The van der Waals surface area contributed by atoms with Gasteiger partial charge in [-0.15, -0.1) is 0 Å². The number of halogens is 1. The number of H-pyrrole nitrogens is 1. The van der Waals surface area contributed by atoms with Crippen LogP contribution in [0, 0.1) is 11.7 Å². The summed E-state index contributed by atoms with van der Waals surface area (Å²) in [7, 11) is -2.62. The Kier molecular flexibility index (Phi) is 10.2. The van der Waals surface area contributed by atoms with E-state index < -0.39 is 75.9 Å². The third-order valence-corrected chi connectivity index (χ3v) is 17.0. The van der Waals surface area contributed by atoms with E-state index >= 15 is 0 Å². The quantitative estimate of drug-likeness (QED) is 0.135. The molecule has 1 saturated carbocycles. The number of aromatic amines is 1. The predicted molar refractivity (Wildman–Crippen MR) is 186 cm³/mol. The van der Waals surface area contributed by atoms with E-state index in [1.807, 2.05) is 33.9 Å². The van der Waals surface area contributed by atoms with Crippen LogP contribution in [0.2, 0.25) is 18.1 Å². The van der Waals surface area contributed by atoms with Gasteiger partial charge in [0.1, 0.15) is 24.6 Å². The molecule has 23 heteroatoms. The molecule has 0 aromatic carbocycles. The molecular formula is C26H39FN8O9P2S2Si. The summed E-state index contributed by atoms with van der Waals surface area (Å²) >= 11 is 8.62. The van der Waals surface area contributed by atoms with Gasteiger partial charge in [0, 0.05) is 12.0 Å². The van der Waals surface area contributed by atoms with Gasteiger partial charge in [-0.25, -0.2) is 28.5 Å². The van der Waals surface area contributed by atoms with Gasteiger partial charge in [-0.2, -0.15) is 4.98 Å². The molecule has 3 aliphatic rings. The number of nitrogens with one attached hydrogen (secondary N) is 2. The fraction of sp³-hybridized carbons (Fsp3) is 0.654. The van der Waals surface area contributed by atoms with Crippen molar-refractivity contribution in [3.05, 3.63) is 35.0 Å². The summed E-state index contributed by atoms with van der Waals surface area (Å²) in [4.78, 5) is 31.1. The molecule has 2 aliphatic heterocycles. The van der Waals surface area contributed by atoms with Crippen LogP contribution in [0.3, 0.4) is 0 Å². The molecule has 5 heterocycles. The van der Waals surface area contributed by atoms with Gasteiger partial charge in [0.05, 0.1) is 31.8 Å². The van der Waals surface area contributed by atoms with Gasteiger partial charge in [0.15, 0.2) is 37.3 Å².